The molecular weight excluding hydrogens is 371 g/mol. The van der Waals surface area contributed by atoms with Crippen LogP contribution in [-0.2, 0) is 6.54 Å². The second-order valence-electron chi connectivity index (χ2n) is 5.09. The Kier molecular flexibility index (Phi) is 4.82. The highest BCUT2D eigenvalue weighted by Gasteiger charge is 2.12. The van der Waals surface area contributed by atoms with Gasteiger partial charge in [-0.3, -0.25) is 0 Å². The maximum atomic E-state index is 13.8. The van der Waals surface area contributed by atoms with Gasteiger partial charge < -0.3 is 4.90 Å². The van der Waals surface area contributed by atoms with Crippen LogP contribution in [0.5, 0.6) is 0 Å². The highest BCUT2D eigenvalue weighted by atomic mass is 79.9. The van der Waals surface area contributed by atoms with Crippen molar-refractivity contribution in [3.63, 3.8) is 0 Å². The van der Waals surface area contributed by atoms with Crippen LogP contribution in [0.2, 0.25) is 0 Å². The first-order valence-corrected chi connectivity index (χ1v) is 7.93. The van der Waals surface area contributed by atoms with Crippen LogP contribution in [0.15, 0.2) is 65.7 Å². The quantitative estimate of drug-likeness (QED) is 0.662. The van der Waals surface area contributed by atoms with E-state index >= 15 is 0 Å². The molecule has 0 aliphatic carbocycles. The highest BCUT2D eigenvalue weighted by Crippen LogP contribution is 2.27. The van der Waals surface area contributed by atoms with Crippen molar-refractivity contribution in [1.82, 2.24) is 9.97 Å². The predicted molar refractivity (Wildman–Crippen MR) is 93.1 cm³/mol. The number of hydrogen-bond donors (Lipinski definition) is 0. The van der Waals surface area contributed by atoms with E-state index in [2.05, 4.69) is 32.0 Å². The summed E-state index contributed by atoms with van der Waals surface area (Å²) in [6.45, 7) is 0.448. The third-order valence-electron chi connectivity index (χ3n) is 3.49. The largest absolute Gasteiger partial charge is 0.334 e. The zero-order valence-corrected chi connectivity index (χ0v) is 14.1. The molecule has 0 saturated carbocycles. The van der Waals surface area contributed by atoms with E-state index in [1.54, 1.807) is 30.6 Å². The van der Waals surface area contributed by atoms with Crippen LogP contribution in [0.4, 0.5) is 15.8 Å². The number of aromatic nitrogens is 2. The first-order chi connectivity index (χ1) is 11.7. The molecule has 4 nitrogen and oxygen atoms in total. The van der Waals surface area contributed by atoms with Crippen molar-refractivity contribution in [2.45, 2.75) is 6.54 Å². The molecule has 0 atom stereocenters. The average molecular weight is 383 g/mol. The summed E-state index contributed by atoms with van der Waals surface area (Å²) < 4.78 is 14.2. The summed E-state index contributed by atoms with van der Waals surface area (Å²) in [7, 11) is 0. The van der Waals surface area contributed by atoms with Gasteiger partial charge in [-0.05, 0) is 57.9 Å². The van der Waals surface area contributed by atoms with Crippen molar-refractivity contribution in [3.05, 3.63) is 82.6 Å². The Hall–Kier alpha value is -2.78. The van der Waals surface area contributed by atoms with Crippen molar-refractivity contribution in [1.29, 1.82) is 5.26 Å². The monoisotopic (exact) mass is 382 g/mol. The van der Waals surface area contributed by atoms with E-state index < -0.39 is 0 Å². The molecule has 118 valence electrons. The molecule has 1 aromatic heterocycles. The van der Waals surface area contributed by atoms with E-state index in [0.717, 1.165) is 16.9 Å². The lowest BCUT2D eigenvalue weighted by molar-refractivity contribution is 0.618. The SMILES string of the molecule is N#Cc1ccc(N(Cc2ccc(Br)c(F)c2)c2cncnc2)cc1. The molecule has 0 amide bonds. The predicted octanol–water partition coefficient (Wildman–Crippen LogP) is 4.59. The van der Waals surface area contributed by atoms with E-state index in [1.807, 2.05) is 23.1 Å². The Balaban J connectivity index is 1.98. The highest BCUT2D eigenvalue weighted by molar-refractivity contribution is 9.10. The van der Waals surface area contributed by atoms with Crippen molar-refractivity contribution < 1.29 is 4.39 Å². The van der Waals surface area contributed by atoms with Gasteiger partial charge >= 0.3 is 0 Å². The van der Waals surface area contributed by atoms with Gasteiger partial charge in [-0.25, -0.2) is 14.4 Å². The van der Waals surface area contributed by atoms with E-state index in [4.69, 9.17) is 5.26 Å². The van der Waals surface area contributed by atoms with Crippen molar-refractivity contribution in [2.24, 2.45) is 0 Å². The lowest BCUT2D eigenvalue weighted by Gasteiger charge is -2.24. The van der Waals surface area contributed by atoms with Gasteiger partial charge in [0.25, 0.3) is 0 Å². The molecule has 0 unspecified atom stereocenters. The number of benzene rings is 2. The number of rotatable bonds is 4. The molecule has 24 heavy (non-hydrogen) atoms. The molecule has 0 N–H and O–H groups in total. The van der Waals surface area contributed by atoms with Crippen LogP contribution in [0.25, 0.3) is 0 Å². The first-order valence-electron chi connectivity index (χ1n) is 7.14. The standard InChI is InChI=1S/C18H12BrFN4/c19-17-6-3-14(7-18(17)20)11-24(16-9-22-12-23-10-16)15-4-1-13(8-21)2-5-15/h1-7,9-10,12H,11H2. The molecule has 0 bridgehead atoms. The summed E-state index contributed by atoms with van der Waals surface area (Å²) >= 11 is 3.16. The minimum absolute atomic E-state index is 0.309. The Morgan fingerprint density at radius 3 is 2.38 bits per heavy atom. The first kappa shape index (κ1) is 16.1. The van der Waals surface area contributed by atoms with Crippen LogP contribution in [0.3, 0.4) is 0 Å². The normalized spacial score (nSPS) is 10.2. The minimum atomic E-state index is -0.309. The molecule has 0 saturated heterocycles. The molecule has 1 heterocycles. The van der Waals surface area contributed by atoms with Gasteiger partial charge in [0.2, 0.25) is 0 Å². The Labute approximate surface area is 147 Å². The van der Waals surface area contributed by atoms with Crippen LogP contribution >= 0.6 is 15.9 Å². The van der Waals surface area contributed by atoms with Crippen LogP contribution < -0.4 is 4.90 Å². The van der Waals surface area contributed by atoms with Gasteiger partial charge in [-0.15, -0.1) is 0 Å². The van der Waals surface area contributed by atoms with Gasteiger partial charge in [0.1, 0.15) is 12.1 Å². The lowest BCUT2D eigenvalue weighted by atomic mass is 10.1. The molecule has 0 spiro atoms. The Morgan fingerprint density at radius 1 is 1.04 bits per heavy atom. The smallest absolute Gasteiger partial charge is 0.137 e. The summed E-state index contributed by atoms with van der Waals surface area (Å²) in [6.07, 6.45) is 4.85. The summed E-state index contributed by atoms with van der Waals surface area (Å²) in [5.74, 6) is -0.309. The summed E-state index contributed by atoms with van der Waals surface area (Å²) in [4.78, 5) is 10.1. The third kappa shape index (κ3) is 3.58. The second kappa shape index (κ2) is 7.20. The molecular formula is C18H12BrFN4. The van der Waals surface area contributed by atoms with E-state index in [9.17, 15) is 4.39 Å². The topological polar surface area (TPSA) is 52.8 Å². The van der Waals surface area contributed by atoms with Gasteiger partial charge in [0.05, 0.1) is 34.2 Å². The maximum Gasteiger partial charge on any atom is 0.137 e. The van der Waals surface area contributed by atoms with E-state index in [1.165, 1.54) is 12.4 Å². The Bertz CT molecular complexity index is 876. The van der Waals surface area contributed by atoms with Crippen LogP contribution in [0.1, 0.15) is 11.1 Å². The Morgan fingerprint density at radius 2 is 1.75 bits per heavy atom. The zero-order valence-electron chi connectivity index (χ0n) is 12.5. The van der Waals surface area contributed by atoms with Crippen molar-refractivity contribution in [2.75, 3.05) is 4.90 Å². The fraction of sp³-hybridized carbons (Fsp3) is 0.0556. The lowest BCUT2D eigenvalue weighted by Crippen LogP contribution is -2.17. The molecule has 2 aromatic carbocycles. The van der Waals surface area contributed by atoms with Gasteiger partial charge in [0, 0.05) is 12.2 Å². The molecule has 0 aliphatic heterocycles. The second-order valence-corrected chi connectivity index (χ2v) is 5.94. The molecule has 0 radical (unpaired) electrons. The summed E-state index contributed by atoms with van der Waals surface area (Å²) in [5.41, 5.74) is 3.04. The minimum Gasteiger partial charge on any atom is -0.334 e. The molecule has 3 aromatic rings. The summed E-state index contributed by atoms with van der Waals surface area (Å²) in [6, 6.07) is 14.3. The fourth-order valence-corrected chi connectivity index (χ4v) is 2.55. The van der Waals surface area contributed by atoms with Crippen molar-refractivity contribution >= 4 is 27.3 Å². The molecule has 6 heteroatoms. The van der Waals surface area contributed by atoms with Gasteiger partial charge in [0.15, 0.2) is 0 Å². The van der Waals surface area contributed by atoms with Gasteiger partial charge in [-0.1, -0.05) is 6.07 Å². The van der Waals surface area contributed by atoms with Crippen molar-refractivity contribution in [3.8, 4) is 6.07 Å². The third-order valence-corrected chi connectivity index (χ3v) is 4.13. The number of halogens is 2. The fourth-order valence-electron chi connectivity index (χ4n) is 2.30. The molecule has 3 rings (SSSR count). The van der Waals surface area contributed by atoms with E-state index in [0.29, 0.717) is 16.6 Å². The summed E-state index contributed by atoms with van der Waals surface area (Å²) in [5, 5.41) is 8.95. The van der Waals surface area contributed by atoms with Crippen LogP contribution in [0, 0.1) is 17.1 Å². The zero-order chi connectivity index (χ0) is 16.9. The number of nitriles is 1. The van der Waals surface area contributed by atoms with E-state index in [-0.39, 0.29) is 5.82 Å². The average Bonchev–Trinajstić information content (AvgIpc) is 2.63. The number of hydrogen-bond acceptors (Lipinski definition) is 4. The molecule has 0 fully saturated rings. The van der Waals surface area contributed by atoms with Crippen LogP contribution in [-0.4, -0.2) is 9.97 Å². The molecule has 0 aliphatic rings. The number of anilines is 2. The number of nitrogens with zero attached hydrogens (tertiary/aromatic N) is 4. The maximum absolute atomic E-state index is 13.8. The van der Waals surface area contributed by atoms with Gasteiger partial charge in [-0.2, -0.15) is 5.26 Å².